The number of nitrogens with two attached hydrogens (primary N) is 1. The van der Waals surface area contributed by atoms with Crippen LogP contribution in [0.1, 0.15) is 37.9 Å². The van der Waals surface area contributed by atoms with E-state index in [0.717, 1.165) is 31.0 Å². The van der Waals surface area contributed by atoms with E-state index < -0.39 is 0 Å². The Morgan fingerprint density at radius 1 is 1.39 bits per heavy atom. The van der Waals surface area contributed by atoms with Crippen LogP contribution in [-0.2, 0) is 0 Å². The van der Waals surface area contributed by atoms with Crippen molar-refractivity contribution in [3.8, 4) is 5.75 Å². The number of ether oxygens (including phenoxy) is 1. The predicted molar refractivity (Wildman–Crippen MR) is 72.6 cm³/mol. The molecule has 0 amide bonds. The average molecular weight is 249 g/mol. The molecule has 2 heterocycles. The fourth-order valence-corrected chi connectivity index (χ4v) is 2.20. The van der Waals surface area contributed by atoms with E-state index in [4.69, 9.17) is 10.5 Å². The van der Waals surface area contributed by atoms with Crippen molar-refractivity contribution < 1.29 is 4.74 Å². The Labute approximate surface area is 109 Å². The van der Waals surface area contributed by atoms with E-state index in [1.807, 2.05) is 12.1 Å². The van der Waals surface area contributed by atoms with Crippen LogP contribution in [0.15, 0.2) is 18.3 Å². The van der Waals surface area contributed by atoms with E-state index in [0.29, 0.717) is 0 Å². The van der Waals surface area contributed by atoms with Gasteiger partial charge in [-0.05, 0) is 44.5 Å². The Hall–Kier alpha value is -1.13. The SMILES string of the molecule is CCC(N)c1ccc(OCCN2CCCC2)cn1. The molecule has 4 heteroatoms. The number of rotatable bonds is 6. The van der Waals surface area contributed by atoms with Crippen molar-refractivity contribution in [2.45, 2.75) is 32.2 Å². The Morgan fingerprint density at radius 3 is 2.78 bits per heavy atom. The molecule has 1 aliphatic heterocycles. The first-order valence-corrected chi connectivity index (χ1v) is 6.86. The summed E-state index contributed by atoms with van der Waals surface area (Å²) >= 11 is 0. The number of pyridine rings is 1. The van der Waals surface area contributed by atoms with Gasteiger partial charge in [0.05, 0.1) is 11.9 Å². The number of hydrogen-bond donors (Lipinski definition) is 1. The highest BCUT2D eigenvalue weighted by Crippen LogP contribution is 2.15. The third-order valence-corrected chi connectivity index (χ3v) is 3.45. The standard InChI is InChI=1S/C14H23N3O/c1-2-13(15)14-6-5-12(11-16-14)18-10-9-17-7-3-4-8-17/h5-6,11,13H,2-4,7-10,15H2,1H3. The average Bonchev–Trinajstić information content (AvgIpc) is 2.92. The van der Waals surface area contributed by atoms with Gasteiger partial charge in [-0.1, -0.05) is 6.92 Å². The van der Waals surface area contributed by atoms with Crippen LogP contribution in [-0.4, -0.2) is 36.1 Å². The summed E-state index contributed by atoms with van der Waals surface area (Å²) in [7, 11) is 0. The third-order valence-electron chi connectivity index (χ3n) is 3.45. The Balaban J connectivity index is 1.75. The number of likely N-dealkylation sites (tertiary alicyclic amines) is 1. The van der Waals surface area contributed by atoms with E-state index in [9.17, 15) is 0 Å². The highest BCUT2D eigenvalue weighted by molar-refractivity contribution is 5.21. The molecule has 1 aliphatic rings. The minimum Gasteiger partial charge on any atom is -0.491 e. The molecule has 100 valence electrons. The summed E-state index contributed by atoms with van der Waals surface area (Å²) in [4.78, 5) is 6.78. The van der Waals surface area contributed by atoms with Gasteiger partial charge in [0.25, 0.3) is 0 Å². The normalized spacial score (nSPS) is 17.9. The van der Waals surface area contributed by atoms with Crippen molar-refractivity contribution in [2.75, 3.05) is 26.2 Å². The van der Waals surface area contributed by atoms with Crippen molar-refractivity contribution in [1.29, 1.82) is 0 Å². The largest absolute Gasteiger partial charge is 0.491 e. The lowest BCUT2D eigenvalue weighted by Crippen LogP contribution is -2.25. The monoisotopic (exact) mass is 249 g/mol. The second kappa shape index (κ2) is 6.71. The van der Waals surface area contributed by atoms with Crippen molar-refractivity contribution in [3.63, 3.8) is 0 Å². The molecule has 0 aromatic carbocycles. The maximum atomic E-state index is 5.92. The summed E-state index contributed by atoms with van der Waals surface area (Å²) < 4.78 is 5.69. The fraction of sp³-hybridized carbons (Fsp3) is 0.643. The summed E-state index contributed by atoms with van der Waals surface area (Å²) in [5.74, 6) is 0.834. The Bertz CT molecular complexity index is 347. The van der Waals surface area contributed by atoms with Crippen LogP contribution in [0.3, 0.4) is 0 Å². The lowest BCUT2D eigenvalue weighted by atomic mass is 10.1. The van der Waals surface area contributed by atoms with Gasteiger partial charge in [-0.2, -0.15) is 0 Å². The second-order valence-corrected chi connectivity index (χ2v) is 4.83. The number of nitrogens with zero attached hydrogens (tertiary/aromatic N) is 2. The molecule has 0 spiro atoms. The zero-order valence-electron chi connectivity index (χ0n) is 11.1. The highest BCUT2D eigenvalue weighted by atomic mass is 16.5. The zero-order valence-corrected chi connectivity index (χ0v) is 11.1. The minimum atomic E-state index is 0.0312. The quantitative estimate of drug-likeness (QED) is 0.837. The van der Waals surface area contributed by atoms with E-state index in [-0.39, 0.29) is 6.04 Å². The maximum absolute atomic E-state index is 5.92. The van der Waals surface area contributed by atoms with E-state index in [1.165, 1.54) is 25.9 Å². The summed E-state index contributed by atoms with van der Waals surface area (Å²) in [5.41, 5.74) is 6.85. The van der Waals surface area contributed by atoms with Crippen molar-refractivity contribution in [2.24, 2.45) is 5.73 Å². The fourth-order valence-electron chi connectivity index (χ4n) is 2.20. The Kier molecular flexibility index (Phi) is 4.96. The van der Waals surface area contributed by atoms with Gasteiger partial charge in [0.15, 0.2) is 0 Å². The highest BCUT2D eigenvalue weighted by Gasteiger charge is 2.11. The molecule has 1 unspecified atom stereocenters. The smallest absolute Gasteiger partial charge is 0.137 e. The van der Waals surface area contributed by atoms with E-state index in [2.05, 4.69) is 16.8 Å². The molecule has 4 nitrogen and oxygen atoms in total. The van der Waals surface area contributed by atoms with E-state index in [1.54, 1.807) is 6.20 Å². The van der Waals surface area contributed by atoms with E-state index >= 15 is 0 Å². The summed E-state index contributed by atoms with van der Waals surface area (Å²) in [5, 5.41) is 0. The van der Waals surface area contributed by atoms with Crippen LogP contribution in [0.25, 0.3) is 0 Å². The maximum Gasteiger partial charge on any atom is 0.137 e. The zero-order chi connectivity index (χ0) is 12.8. The molecule has 2 rings (SSSR count). The van der Waals surface area contributed by atoms with Crippen LogP contribution in [0.2, 0.25) is 0 Å². The summed E-state index contributed by atoms with van der Waals surface area (Å²) in [6.07, 6.45) is 5.33. The van der Waals surface area contributed by atoms with Gasteiger partial charge in [0.2, 0.25) is 0 Å². The van der Waals surface area contributed by atoms with Crippen LogP contribution in [0.5, 0.6) is 5.75 Å². The second-order valence-electron chi connectivity index (χ2n) is 4.83. The molecule has 1 aromatic heterocycles. The van der Waals surface area contributed by atoms with Crippen LogP contribution < -0.4 is 10.5 Å². The Morgan fingerprint density at radius 2 is 2.17 bits per heavy atom. The van der Waals surface area contributed by atoms with Gasteiger partial charge in [-0.25, -0.2) is 0 Å². The molecule has 0 bridgehead atoms. The molecule has 0 aliphatic carbocycles. The molecular weight excluding hydrogens is 226 g/mol. The molecule has 1 atom stereocenters. The van der Waals surface area contributed by atoms with Gasteiger partial charge in [-0.15, -0.1) is 0 Å². The molecule has 0 radical (unpaired) electrons. The van der Waals surface area contributed by atoms with Crippen molar-refractivity contribution in [1.82, 2.24) is 9.88 Å². The first-order chi connectivity index (χ1) is 8.79. The molecule has 1 saturated heterocycles. The minimum absolute atomic E-state index is 0.0312. The van der Waals surface area contributed by atoms with Crippen molar-refractivity contribution >= 4 is 0 Å². The lowest BCUT2D eigenvalue weighted by Gasteiger charge is -2.15. The third kappa shape index (κ3) is 3.68. The summed E-state index contributed by atoms with van der Waals surface area (Å²) in [6.45, 7) is 6.24. The topological polar surface area (TPSA) is 51.4 Å². The number of hydrogen-bond acceptors (Lipinski definition) is 4. The predicted octanol–water partition coefficient (Wildman–Crippen LogP) is 1.97. The van der Waals surface area contributed by atoms with Gasteiger partial charge < -0.3 is 10.5 Å². The molecule has 2 N–H and O–H groups in total. The molecule has 0 saturated carbocycles. The van der Waals surface area contributed by atoms with Crippen molar-refractivity contribution in [3.05, 3.63) is 24.0 Å². The molecule has 1 fully saturated rings. The van der Waals surface area contributed by atoms with Crippen LogP contribution >= 0.6 is 0 Å². The van der Waals surface area contributed by atoms with Crippen LogP contribution in [0.4, 0.5) is 0 Å². The van der Waals surface area contributed by atoms with Gasteiger partial charge >= 0.3 is 0 Å². The first kappa shape index (κ1) is 13.3. The van der Waals surface area contributed by atoms with Gasteiger partial charge in [0.1, 0.15) is 12.4 Å². The molecule has 18 heavy (non-hydrogen) atoms. The van der Waals surface area contributed by atoms with Crippen LogP contribution in [0, 0.1) is 0 Å². The first-order valence-electron chi connectivity index (χ1n) is 6.86. The number of aromatic nitrogens is 1. The van der Waals surface area contributed by atoms with Gasteiger partial charge in [0, 0.05) is 12.6 Å². The lowest BCUT2D eigenvalue weighted by molar-refractivity contribution is 0.237. The molecular formula is C14H23N3O. The summed E-state index contributed by atoms with van der Waals surface area (Å²) in [6, 6.07) is 3.95. The van der Waals surface area contributed by atoms with Gasteiger partial charge in [-0.3, -0.25) is 9.88 Å². The molecule has 1 aromatic rings.